The number of anilines is 2. The SMILES string of the molecule is COC(=O)c1ccc2c(c1)NC(=O)CN(CC(=O)O)CCN(CC(=O)O)CCN(CC(=O)O)CC(=O)Nc1ccccc1-2. The van der Waals surface area contributed by atoms with Crippen LogP contribution >= 0.6 is 0 Å². The molecule has 0 unspecified atom stereocenters. The van der Waals surface area contributed by atoms with Gasteiger partial charge in [0.2, 0.25) is 11.8 Å². The van der Waals surface area contributed by atoms with Crippen LogP contribution in [0.15, 0.2) is 42.5 Å². The number of nitrogens with one attached hydrogen (secondary N) is 2. The van der Waals surface area contributed by atoms with Crippen LogP contribution in [0.2, 0.25) is 0 Å². The maximum absolute atomic E-state index is 13.2. The average molecular weight is 600 g/mol. The number of methoxy groups -OCH3 is 1. The Kier molecular flexibility index (Phi) is 11.7. The van der Waals surface area contributed by atoms with Crippen molar-refractivity contribution in [1.82, 2.24) is 14.7 Å². The number of amides is 2. The second-order valence-electron chi connectivity index (χ2n) is 9.77. The minimum atomic E-state index is -1.21. The highest BCUT2D eigenvalue weighted by Gasteiger charge is 2.22. The van der Waals surface area contributed by atoms with Gasteiger partial charge in [-0.15, -0.1) is 0 Å². The number of hydrogen-bond acceptors (Lipinski definition) is 10. The number of hydrogen-bond donors (Lipinski definition) is 5. The number of rotatable bonds is 7. The summed E-state index contributed by atoms with van der Waals surface area (Å²) in [6, 6.07) is 11.1. The zero-order valence-electron chi connectivity index (χ0n) is 23.4. The molecule has 1 heterocycles. The summed E-state index contributed by atoms with van der Waals surface area (Å²) in [6.07, 6.45) is 0. The first-order valence-electron chi connectivity index (χ1n) is 13.2. The highest BCUT2D eigenvalue weighted by molar-refractivity contribution is 6.03. The molecule has 0 bridgehead atoms. The number of carboxylic acids is 3. The number of fused-ring (bicyclic) bond motifs is 3. The molecule has 15 heteroatoms. The molecule has 0 saturated heterocycles. The summed E-state index contributed by atoms with van der Waals surface area (Å²) < 4.78 is 4.80. The van der Waals surface area contributed by atoms with E-state index >= 15 is 0 Å². The van der Waals surface area contributed by atoms with Crippen molar-refractivity contribution in [2.24, 2.45) is 0 Å². The normalized spacial score (nSPS) is 16.1. The maximum atomic E-state index is 13.2. The number of para-hydroxylation sites is 1. The summed E-state index contributed by atoms with van der Waals surface area (Å²) in [6.45, 7) is -2.04. The quantitative estimate of drug-likeness (QED) is 0.270. The number of esters is 1. The molecule has 2 aromatic carbocycles. The predicted molar refractivity (Wildman–Crippen MR) is 153 cm³/mol. The van der Waals surface area contributed by atoms with Gasteiger partial charge < -0.3 is 30.7 Å². The Morgan fingerprint density at radius 2 is 1.16 bits per heavy atom. The summed E-state index contributed by atoms with van der Waals surface area (Å²) in [5.41, 5.74) is 1.57. The van der Waals surface area contributed by atoms with Crippen LogP contribution in [-0.4, -0.2) is 132 Å². The van der Waals surface area contributed by atoms with Gasteiger partial charge in [-0.05, 0) is 18.2 Å². The van der Waals surface area contributed by atoms with E-state index in [4.69, 9.17) is 4.74 Å². The number of carboxylic acid groups (broad SMARTS) is 3. The molecule has 2 aromatic rings. The van der Waals surface area contributed by atoms with E-state index in [-0.39, 0.29) is 50.5 Å². The molecular weight excluding hydrogens is 566 g/mol. The first-order chi connectivity index (χ1) is 20.4. The van der Waals surface area contributed by atoms with E-state index < -0.39 is 55.3 Å². The Labute approximate surface area is 246 Å². The molecule has 0 aliphatic carbocycles. The van der Waals surface area contributed by atoms with Gasteiger partial charge in [-0.3, -0.25) is 38.7 Å². The molecular formula is C28H33N5O10. The molecule has 0 saturated carbocycles. The summed E-state index contributed by atoms with van der Waals surface area (Å²) in [5.74, 6) is -5.35. The van der Waals surface area contributed by atoms with Crippen molar-refractivity contribution in [2.75, 3.05) is 76.6 Å². The maximum Gasteiger partial charge on any atom is 0.337 e. The average Bonchev–Trinajstić information content (AvgIpc) is 2.92. The van der Waals surface area contributed by atoms with Gasteiger partial charge in [0.05, 0.1) is 45.4 Å². The molecule has 5 N–H and O–H groups in total. The number of carbonyl (C=O) groups is 6. The summed E-state index contributed by atoms with van der Waals surface area (Å²) in [5, 5.41) is 33.7. The lowest BCUT2D eigenvalue weighted by Gasteiger charge is -2.27. The molecule has 43 heavy (non-hydrogen) atoms. The van der Waals surface area contributed by atoms with E-state index in [0.29, 0.717) is 16.8 Å². The van der Waals surface area contributed by atoms with Crippen molar-refractivity contribution < 1.29 is 48.8 Å². The molecule has 15 nitrogen and oxygen atoms in total. The third kappa shape index (κ3) is 10.2. The summed E-state index contributed by atoms with van der Waals surface area (Å²) >= 11 is 0. The van der Waals surface area contributed by atoms with Crippen molar-refractivity contribution >= 4 is 47.1 Å². The molecule has 0 fully saturated rings. The van der Waals surface area contributed by atoms with Crippen LogP contribution in [0.1, 0.15) is 10.4 Å². The minimum absolute atomic E-state index is 0.00962. The first kappa shape index (κ1) is 32.7. The van der Waals surface area contributed by atoms with Crippen molar-refractivity contribution in [2.45, 2.75) is 0 Å². The fourth-order valence-corrected chi connectivity index (χ4v) is 4.58. The number of aliphatic carboxylic acids is 3. The number of carbonyl (C=O) groups excluding carboxylic acids is 3. The molecule has 3 rings (SSSR count). The van der Waals surface area contributed by atoms with E-state index in [9.17, 15) is 44.1 Å². The van der Waals surface area contributed by atoms with E-state index in [1.807, 2.05) is 0 Å². The topological polar surface area (TPSA) is 206 Å². The van der Waals surface area contributed by atoms with Crippen LogP contribution < -0.4 is 10.6 Å². The Balaban J connectivity index is 2.08. The minimum Gasteiger partial charge on any atom is -0.480 e. The van der Waals surface area contributed by atoms with Crippen LogP contribution in [0.4, 0.5) is 11.4 Å². The Morgan fingerprint density at radius 1 is 0.698 bits per heavy atom. The lowest BCUT2D eigenvalue weighted by Crippen LogP contribution is -2.46. The van der Waals surface area contributed by atoms with E-state index in [0.717, 1.165) is 0 Å². The van der Waals surface area contributed by atoms with Crippen LogP contribution in [-0.2, 0) is 28.7 Å². The van der Waals surface area contributed by atoms with Crippen LogP contribution in [0, 0.1) is 0 Å². The third-order valence-corrected chi connectivity index (χ3v) is 6.48. The first-order valence-corrected chi connectivity index (χ1v) is 13.2. The summed E-state index contributed by atoms with van der Waals surface area (Å²) in [7, 11) is 1.21. The van der Waals surface area contributed by atoms with Gasteiger partial charge in [-0.1, -0.05) is 24.3 Å². The Hall–Kier alpha value is -4.86. The number of benzene rings is 2. The smallest absolute Gasteiger partial charge is 0.337 e. The monoisotopic (exact) mass is 599 g/mol. The van der Waals surface area contributed by atoms with Crippen LogP contribution in [0.25, 0.3) is 11.1 Å². The fourth-order valence-electron chi connectivity index (χ4n) is 4.58. The van der Waals surface area contributed by atoms with Crippen LogP contribution in [0.5, 0.6) is 0 Å². The van der Waals surface area contributed by atoms with Crippen molar-refractivity contribution in [3.05, 3.63) is 48.0 Å². The lowest BCUT2D eigenvalue weighted by atomic mass is 9.99. The molecule has 1 aliphatic rings. The van der Waals surface area contributed by atoms with Gasteiger partial charge in [0, 0.05) is 48.7 Å². The largest absolute Gasteiger partial charge is 0.480 e. The molecule has 0 atom stereocenters. The van der Waals surface area contributed by atoms with Crippen molar-refractivity contribution in [3.63, 3.8) is 0 Å². The van der Waals surface area contributed by atoms with Gasteiger partial charge in [-0.25, -0.2) is 4.79 Å². The van der Waals surface area contributed by atoms with Gasteiger partial charge >= 0.3 is 23.9 Å². The summed E-state index contributed by atoms with van der Waals surface area (Å²) in [4.78, 5) is 77.3. The van der Waals surface area contributed by atoms with E-state index in [1.54, 1.807) is 30.3 Å². The number of nitrogens with zero attached hydrogens (tertiary/aromatic N) is 3. The molecule has 0 spiro atoms. The lowest BCUT2D eigenvalue weighted by molar-refractivity contribution is -0.140. The highest BCUT2D eigenvalue weighted by atomic mass is 16.5. The molecule has 0 aromatic heterocycles. The molecule has 0 radical (unpaired) electrons. The van der Waals surface area contributed by atoms with Crippen LogP contribution in [0.3, 0.4) is 0 Å². The third-order valence-electron chi connectivity index (χ3n) is 6.48. The molecule has 2 amide bonds. The van der Waals surface area contributed by atoms with Crippen molar-refractivity contribution in [1.29, 1.82) is 0 Å². The zero-order chi connectivity index (χ0) is 31.5. The predicted octanol–water partition coefficient (Wildman–Crippen LogP) is 0.191. The van der Waals surface area contributed by atoms with Gasteiger partial charge in [0.15, 0.2) is 0 Å². The van der Waals surface area contributed by atoms with E-state index in [2.05, 4.69) is 10.6 Å². The Morgan fingerprint density at radius 3 is 1.70 bits per heavy atom. The second kappa shape index (κ2) is 15.4. The fraction of sp³-hybridized carbons (Fsp3) is 0.357. The number of ether oxygens (including phenoxy) is 1. The standard InChI is InChI=1S/C28H33N5O10/c1-43-28(42)18-6-7-20-19-4-2-3-5-21(19)29-23(34)13-32(16-26(38)39)10-8-31(15-25(36)37)9-11-33(17-27(40)41)14-24(35)30-22(20)12-18/h2-7,12H,8-11,13-17H2,1H3,(H,29,34)(H,30,35)(H,36,37)(H,38,39)(H,40,41). The molecule has 1 aliphatic heterocycles. The Bertz CT molecular complexity index is 1380. The highest BCUT2D eigenvalue weighted by Crippen LogP contribution is 2.34. The van der Waals surface area contributed by atoms with E-state index in [1.165, 1.54) is 33.9 Å². The second-order valence-corrected chi connectivity index (χ2v) is 9.77. The zero-order valence-corrected chi connectivity index (χ0v) is 23.4. The van der Waals surface area contributed by atoms with Gasteiger partial charge in [-0.2, -0.15) is 0 Å². The van der Waals surface area contributed by atoms with Gasteiger partial charge in [0.1, 0.15) is 0 Å². The van der Waals surface area contributed by atoms with Gasteiger partial charge in [0.25, 0.3) is 0 Å². The van der Waals surface area contributed by atoms with Crippen molar-refractivity contribution in [3.8, 4) is 11.1 Å². The molecule has 230 valence electrons.